The van der Waals surface area contributed by atoms with E-state index in [1.54, 1.807) is 30.3 Å². The second-order valence-corrected chi connectivity index (χ2v) is 8.24. The van der Waals surface area contributed by atoms with Crippen LogP contribution in [0.15, 0.2) is 71.6 Å². The van der Waals surface area contributed by atoms with Gasteiger partial charge in [-0.25, -0.2) is 13.2 Å². The number of esters is 1. The first kappa shape index (κ1) is 19.5. The largest absolute Gasteiger partial charge is 0.465 e. The molecule has 30 heavy (non-hydrogen) atoms. The fourth-order valence-electron chi connectivity index (χ4n) is 3.31. The molecule has 3 aromatic rings. The fraction of sp³-hybridized carbons (Fsp3) is 0.0455. The van der Waals surface area contributed by atoms with Crippen LogP contribution in [0.1, 0.15) is 42.2 Å². The fourth-order valence-corrected chi connectivity index (χ4v) is 4.41. The van der Waals surface area contributed by atoms with E-state index in [4.69, 9.17) is 0 Å². The number of nitrogens with one attached hydrogen (secondary N) is 1. The molecule has 0 aromatic heterocycles. The zero-order chi connectivity index (χ0) is 21.5. The van der Waals surface area contributed by atoms with Gasteiger partial charge in [0, 0.05) is 22.3 Å². The lowest BCUT2D eigenvalue weighted by atomic mass is 9.84. The molecule has 0 heterocycles. The summed E-state index contributed by atoms with van der Waals surface area (Å²) in [5, 5.41) is 0. The van der Waals surface area contributed by atoms with Gasteiger partial charge in [0.25, 0.3) is 10.0 Å². The summed E-state index contributed by atoms with van der Waals surface area (Å²) in [6, 6.07) is 16.1. The monoisotopic (exact) mass is 421 g/mol. The number of ketones is 2. The average Bonchev–Trinajstić information content (AvgIpc) is 2.76. The quantitative estimate of drug-likeness (QED) is 0.508. The van der Waals surface area contributed by atoms with E-state index in [2.05, 4.69) is 9.46 Å². The van der Waals surface area contributed by atoms with Gasteiger partial charge in [0.05, 0.1) is 23.3 Å². The van der Waals surface area contributed by atoms with Crippen LogP contribution in [0.25, 0.3) is 0 Å². The third-order valence-electron chi connectivity index (χ3n) is 4.78. The highest BCUT2D eigenvalue weighted by Gasteiger charge is 2.31. The van der Waals surface area contributed by atoms with E-state index in [-0.39, 0.29) is 44.2 Å². The molecular formula is C22H15NO6S. The van der Waals surface area contributed by atoms with Gasteiger partial charge in [-0.3, -0.25) is 14.3 Å². The summed E-state index contributed by atoms with van der Waals surface area (Å²) in [5.74, 6) is -1.46. The average molecular weight is 421 g/mol. The number of benzene rings is 3. The topological polar surface area (TPSA) is 107 Å². The minimum atomic E-state index is -4.15. The molecule has 0 fully saturated rings. The second-order valence-electron chi connectivity index (χ2n) is 6.55. The number of carbonyl (C=O) groups is 3. The van der Waals surface area contributed by atoms with Crippen molar-refractivity contribution in [2.24, 2.45) is 0 Å². The SMILES string of the molecule is COC(=O)c1ccccc1NS(=O)(=O)c1ccc2c(c1)C(=O)c1ccccc1C2=O. The molecule has 7 nitrogen and oxygen atoms in total. The Kier molecular flexibility index (Phi) is 4.71. The molecule has 0 unspecified atom stereocenters. The lowest BCUT2D eigenvalue weighted by Crippen LogP contribution is -2.22. The van der Waals surface area contributed by atoms with Gasteiger partial charge in [-0.1, -0.05) is 36.4 Å². The van der Waals surface area contributed by atoms with Crippen molar-refractivity contribution >= 4 is 33.2 Å². The molecule has 0 saturated carbocycles. The van der Waals surface area contributed by atoms with Crippen molar-refractivity contribution in [2.75, 3.05) is 11.8 Å². The number of methoxy groups -OCH3 is 1. The zero-order valence-electron chi connectivity index (χ0n) is 15.7. The summed E-state index contributed by atoms with van der Waals surface area (Å²) >= 11 is 0. The first-order valence-corrected chi connectivity index (χ1v) is 10.3. The number of ether oxygens (including phenoxy) is 1. The van der Waals surface area contributed by atoms with Crippen LogP contribution in [-0.2, 0) is 14.8 Å². The van der Waals surface area contributed by atoms with Gasteiger partial charge in [-0.2, -0.15) is 0 Å². The third kappa shape index (κ3) is 3.17. The molecule has 0 saturated heterocycles. The summed E-state index contributed by atoms with van der Waals surface area (Å²) in [5.41, 5.74) is 0.760. The van der Waals surface area contributed by atoms with Crippen LogP contribution in [0.4, 0.5) is 5.69 Å². The van der Waals surface area contributed by atoms with E-state index >= 15 is 0 Å². The van der Waals surface area contributed by atoms with Gasteiger partial charge < -0.3 is 4.74 Å². The molecule has 0 atom stereocenters. The van der Waals surface area contributed by atoms with Crippen LogP contribution in [0.2, 0.25) is 0 Å². The maximum Gasteiger partial charge on any atom is 0.339 e. The molecule has 150 valence electrons. The molecule has 8 heteroatoms. The van der Waals surface area contributed by atoms with E-state index < -0.39 is 21.8 Å². The van der Waals surface area contributed by atoms with Gasteiger partial charge in [-0.05, 0) is 30.3 Å². The van der Waals surface area contributed by atoms with Crippen molar-refractivity contribution in [3.63, 3.8) is 0 Å². The van der Waals surface area contributed by atoms with E-state index in [9.17, 15) is 22.8 Å². The molecule has 1 aliphatic carbocycles. The first-order valence-electron chi connectivity index (χ1n) is 8.86. The van der Waals surface area contributed by atoms with Crippen LogP contribution in [0.3, 0.4) is 0 Å². The van der Waals surface area contributed by atoms with Crippen molar-refractivity contribution in [1.29, 1.82) is 0 Å². The molecule has 0 bridgehead atoms. The van der Waals surface area contributed by atoms with Crippen molar-refractivity contribution in [3.05, 3.63) is 94.5 Å². The number of carbonyl (C=O) groups excluding carboxylic acids is 3. The van der Waals surface area contributed by atoms with Gasteiger partial charge in [0.2, 0.25) is 0 Å². The summed E-state index contributed by atoms with van der Waals surface area (Å²) in [6.45, 7) is 0. The summed E-state index contributed by atoms with van der Waals surface area (Å²) in [4.78, 5) is 37.2. The standard InChI is InChI=1S/C22H15NO6S/c1-29-22(26)17-8-4-5-9-19(17)23-30(27,28)13-10-11-16-18(12-13)21(25)15-7-3-2-6-14(15)20(16)24/h2-12,23H,1H3. The second kappa shape index (κ2) is 7.23. The van der Waals surface area contributed by atoms with E-state index in [0.717, 1.165) is 0 Å². The smallest absolute Gasteiger partial charge is 0.339 e. The van der Waals surface area contributed by atoms with Gasteiger partial charge in [0.15, 0.2) is 11.6 Å². The molecule has 0 amide bonds. The Labute approximate surface area is 172 Å². The van der Waals surface area contributed by atoms with Gasteiger partial charge in [0.1, 0.15) is 0 Å². The van der Waals surface area contributed by atoms with Crippen LogP contribution in [0, 0.1) is 0 Å². The minimum absolute atomic E-state index is 0.0165. The lowest BCUT2D eigenvalue weighted by Gasteiger charge is -2.18. The molecular weight excluding hydrogens is 406 g/mol. The highest BCUT2D eigenvalue weighted by molar-refractivity contribution is 7.92. The Balaban J connectivity index is 1.75. The number of fused-ring (bicyclic) bond motifs is 2. The maximum absolute atomic E-state index is 12.9. The summed E-state index contributed by atoms with van der Waals surface area (Å²) < 4.78 is 32.9. The normalized spacial score (nSPS) is 12.7. The lowest BCUT2D eigenvalue weighted by molar-refractivity contribution is 0.0601. The highest BCUT2D eigenvalue weighted by atomic mass is 32.2. The van der Waals surface area contributed by atoms with Crippen LogP contribution >= 0.6 is 0 Å². The van der Waals surface area contributed by atoms with E-state index in [1.165, 1.54) is 43.5 Å². The number of para-hydroxylation sites is 1. The Hall–Kier alpha value is -3.78. The molecule has 0 spiro atoms. The summed E-state index contributed by atoms with van der Waals surface area (Å²) in [6.07, 6.45) is 0. The molecule has 4 rings (SSSR count). The Morgan fingerprint density at radius 3 is 2.03 bits per heavy atom. The van der Waals surface area contributed by atoms with Crippen LogP contribution in [-0.4, -0.2) is 33.1 Å². The summed E-state index contributed by atoms with van der Waals surface area (Å²) in [7, 11) is -2.96. The van der Waals surface area contributed by atoms with E-state index in [1.807, 2.05) is 0 Å². The van der Waals surface area contributed by atoms with Crippen molar-refractivity contribution in [3.8, 4) is 0 Å². The van der Waals surface area contributed by atoms with Crippen molar-refractivity contribution in [1.82, 2.24) is 0 Å². The molecule has 1 aliphatic rings. The van der Waals surface area contributed by atoms with Crippen LogP contribution < -0.4 is 4.72 Å². The Bertz CT molecular complexity index is 1330. The minimum Gasteiger partial charge on any atom is -0.465 e. The third-order valence-corrected chi connectivity index (χ3v) is 6.15. The first-order chi connectivity index (χ1) is 14.3. The number of rotatable bonds is 4. The van der Waals surface area contributed by atoms with Crippen LogP contribution in [0.5, 0.6) is 0 Å². The number of anilines is 1. The number of sulfonamides is 1. The van der Waals surface area contributed by atoms with Crippen molar-refractivity contribution in [2.45, 2.75) is 4.90 Å². The predicted octanol–water partition coefficient (Wildman–Crippen LogP) is 3.05. The predicted molar refractivity (Wildman–Crippen MR) is 108 cm³/mol. The van der Waals surface area contributed by atoms with Gasteiger partial charge >= 0.3 is 5.97 Å². The van der Waals surface area contributed by atoms with Crippen molar-refractivity contribution < 1.29 is 27.5 Å². The molecule has 1 N–H and O–H groups in total. The highest BCUT2D eigenvalue weighted by Crippen LogP contribution is 2.30. The number of hydrogen-bond acceptors (Lipinski definition) is 6. The Morgan fingerprint density at radius 1 is 0.800 bits per heavy atom. The molecule has 0 radical (unpaired) electrons. The molecule has 0 aliphatic heterocycles. The van der Waals surface area contributed by atoms with Gasteiger partial charge in [-0.15, -0.1) is 0 Å². The molecule has 3 aromatic carbocycles. The van der Waals surface area contributed by atoms with E-state index in [0.29, 0.717) is 0 Å². The maximum atomic E-state index is 12.9. The number of hydrogen-bond donors (Lipinski definition) is 1. The zero-order valence-corrected chi connectivity index (χ0v) is 16.5. The Morgan fingerprint density at radius 2 is 1.37 bits per heavy atom.